The summed E-state index contributed by atoms with van der Waals surface area (Å²) in [5.74, 6) is 1.81. The molecule has 4 rings (SSSR count). The molecule has 7 heteroatoms. The Kier molecular flexibility index (Phi) is 5.25. The van der Waals surface area contributed by atoms with Crippen molar-refractivity contribution in [2.24, 2.45) is 0 Å². The summed E-state index contributed by atoms with van der Waals surface area (Å²) in [5.41, 5.74) is 3.67. The molecule has 2 aromatic carbocycles. The van der Waals surface area contributed by atoms with Crippen molar-refractivity contribution in [2.45, 2.75) is 20.1 Å². The van der Waals surface area contributed by atoms with Gasteiger partial charge in [-0.1, -0.05) is 35.0 Å². The quantitative estimate of drug-likeness (QED) is 0.678. The molecule has 1 aromatic heterocycles. The second-order valence-electron chi connectivity index (χ2n) is 6.51. The number of amides is 1. The van der Waals surface area contributed by atoms with E-state index in [1.807, 2.05) is 49.4 Å². The topological polar surface area (TPSA) is 82.8 Å². The lowest BCUT2D eigenvalue weighted by atomic mass is 10.1. The Bertz CT molecular complexity index is 965. The van der Waals surface area contributed by atoms with Crippen LogP contribution in [0.25, 0.3) is 11.3 Å². The Hall–Kier alpha value is -3.32. The highest BCUT2D eigenvalue weighted by molar-refractivity contribution is 5.77. The molecule has 0 fully saturated rings. The molecule has 0 radical (unpaired) electrons. The van der Waals surface area contributed by atoms with E-state index >= 15 is 0 Å². The van der Waals surface area contributed by atoms with Crippen LogP contribution in [-0.2, 0) is 22.7 Å². The third-order valence-electron chi connectivity index (χ3n) is 4.31. The van der Waals surface area contributed by atoms with Crippen LogP contribution in [0.1, 0.15) is 16.8 Å². The molecule has 2 heterocycles. The van der Waals surface area contributed by atoms with Gasteiger partial charge in [-0.2, -0.15) is 0 Å². The van der Waals surface area contributed by atoms with Crippen molar-refractivity contribution in [1.29, 1.82) is 0 Å². The number of aryl methyl sites for hydroxylation is 1. The van der Waals surface area contributed by atoms with Crippen LogP contribution in [0.15, 0.2) is 53.1 Å². The van der Waals surface area contributed by atoms with Crippen LogP contribution in [0, 0.1) is 6.92 Å². The van der Waals surface area contributed by atoms with E-state index in [4.69, 9.17) is 18.7 Å². The molecule has 28 heavy (non-hydrogen) atoms. The smallest absolute Gasteiger partial charge is 0.246 e. The lowest BCUT2D eigenvalue weighted by Crippen LogP contribution is -2.27. The first kappa shape index (κ1) is 18.1. The minimum absolute atomic E-state index is 0.0436. The Balaban J connectivity index is 1.24. The van der Waals surface area contributed by atoms with Gasteiger partial charge >= 0.3 is 0 Å². The molecule has 0 unspecified atom stereocenters. The van der Waals surface area contributed by atoms with Crippen LogP contribution >= 0.6 is 0 Å². The molecule has 0 atom stereocenters. The summed E-state index contributed by atoms with van der Waals surface area (Å²) in [7, 11) is 0. The van der Waals surface area contributed by atoms with E-state index in [1.54, 1.807) is 6.07 Å². The molecule has 0 saturated heterocycles. The number of ether oxygens (including phenoxy) is 3. The number of nitrogens with one attached hydrogen (secondary N) is 1. The Morgan fingerprint density at radius 1 is 1.11 bits per heavy atom. The van der Waals surface area contributed by atoms with Crippen LogP contribution < -0.4 is 14.8 Å². The monoisotopic (exact) mass is 380 g/mol. The van der Waals surface area contributed by atoms with E-state index in [9.17, 15) is 4.79 Å². The van der Waals surface area contributed by atoms with E-state index < -0.39 is 0 Å². The van der Waals surface area contributed by atoms with Crippen molar-refractivity contribution < 1.29 is 23.5 Å². The number of benzene rings is 2. The highest BCUT2D eigenvalue weighted by Gasteiger charge is 2.16. The fraction of sp³-hybridized carbons (Fsp3) is 0.238. The predicted molar refractivity (Wildman–Crippen MR) is 101 cm³/mol. The first-order chi connectivity index (χ1) is 13.7. The summed E-state index contributed by atoms with van der Waals surface area (Å²) < 4.78 is 21.5. The molecule has 144 valence electrons. The van der Waals surface area contributed by atoms with E-state index in [2.05, 4.69) is 10.5 Å². The molecule has 0 aliphatic carbocycles. The summed E-state index contributed by atoms with van der Waals surface area (Å²) in [6.07, 6.45) is 0. The SMILES string of the molecule is Cc1ccc(CNC(=O)COCc2cc(-c3ccc4c(c3)OCO4)on2)cc1. The lowest BCUT2D eigenvalue weighted by molar-refractivity contribution is -0.126. The number of carbonyl (C=O) groups is 1. The van der Waals surface area contributed by atoms with Gasteiger partial charge in [0.25, 0.3) is 0 Å². The van der Waals surface area contributed by atoms with Gasteiger partial charge in [0.1, 0.15) is 12.3 Å². The van der Waals surface area contributed by atoms with Crippen LogP contribution in [0.3, 0.4) is 0 Å². The van der Waals surface area contributed by atoms with Gasteiger partial charge in [-0.3, -0.25) is 4.79 Å². The second kappa shape index (κ2) is 8.14. The lowest BCUT2D eigenvalue weighted by Gasteiger charge is -2.06. The largest absolute Gasteiger partial charge is 0.454 e. The first-order valence-corrected chi connectivity index (χ1v) is 8.93. The number of hydrogen-bond acceptors (Lipinski definition) is 6. The van der Waals surface area contributed by atoms with Gasteiger partial charge in [0, 0.05) is 18.2 Å². The van der Waals surface area contributed by atoms with Gasteiger partial charge in [0.15, 0.2) is 17.3 Å². The molecule has 1 aliphatic rings. The number of aromatic nitrogens is 1. The molecular formula is C21H20N2O5. The number of fused-ring (bicyclic) bond motifs is 1. The molecule has 1 amide bonds. The zero-order chi connectivity index (χ0) is 19.3. The Morgan fingerprint density at radius 2 is 1.93 bits per heavy atom. The van der Waals surface area contributed by atoms with Crippen LogP contribution in [-0.4, -0.2) is 24.5 Å². The van der Waals surface area contributed by atoms with Crippen LogP contribution in [0.2, 0.25) is 0 Å². The van der Waals surface area contributed by atoms with Gasteiger partial charge in [-0.05, 0) is 30.7 Å². The van der Waals surface area contributed by atoms with Gasteiger partial charge in [0.05, 0.1) is 6.61 Å². The number of carbonyl (C=O) groups excluding carboxylic acids is 1. The molecule has 0 spiro atoms. The third kappa shape index (κ3) is 4.32. The standard InChI is InChI=1S/C21H20N2O5/c1-14-2-4-15(5-3-14)10-22-21(24)12-25-11-17-9-19(28-23-17)16-6-7-18-20(8-16)27-13-26-18/h2-9H,10-13H2,1H3,(H,22,24). The van der Waals surface area contributed by atoms with Crippen molar-refractivity contribution >= 4 is 5.91 Å². The zero-order valence-electron chi connectivity index (χ0n) is 15.4. The van der Waals surface area contributed by atoms with Gasteiger partial charge in [0.2, 0.25) is 12.7 Å². The summed E-state index contributed by atoms with van der Waals surface area (Å²) in [4.78, 5) is 11.9. The van der Waals surface area contributed by atoms with Crippen molar-refractivity contribution in [2.75, 3.05) is 13.4 Å². The minimum atomic E-state index is -0.180. The van der Waals surface area contributed by atoms with Gasteiger partial charge in [-0.25, -0.2) is 0 Å². The first-order valence-electron chi connectivity index (χ1n) is 8.93. The molecule has 0 bridgehead atoms. The predicted octanol–water partition coefficient (Wildman–Crippen LogP) is 3.21. The van der Waals surface area contributed by atoms with Crippen molar-refractivity contribution in [3.05, 3.63) is 65.4 Å². The zero-order valence-corrected chi connectivity index (χ0v) is 15.4. The maximum Gasteiger partial charge on any atom is 0.246 e. The average Bonchev–Trinajstić information content (AvgIpc) is 3.36. The van der Waals surface area contributed by atoms with Gasteiger partial charge < -0.3 is 24.1 Å². The average molecular weight is 380 g/mol. The van der Waals surface area contributed by atoms with Crippen molar-refractivity contribution in [3.63, 3.8) is 0 Å². The normalized spacial score (nSPS) is 12.2. The molecule has 7 nitrogen and oxygen atoms in total. The van der Waals surface area contributed by atoms with E-state index in [1.165, 1.54) is 5.56 Å². The van der Waals surface area contributed by atoms with Gasteiger partial charge in [-0.15, -0.1) is 0 Å². The summed E-state index contributed by atoms with van der Waals surface area (Å²) in [6, 6.07) is 15.3. The van der Waals surface area contributed by atoms with Crippen molar-refractivity contribution in [1.82, 2.24) is 10.5 Å². The number of nitrogens with zero attached hydrogens (tertiary/aromatic N) is 1. The van der Waals surface area contributed by atoms with E-state index in [-0.39, 0.29) is 25.9 Å². The summed E-state index contributed by atoms with van der Waals surface area (Å²) >= 11 is 0. The molecule has 1 N–H and O–H groups in total. The molecule has 1 aliphatic heterocycles. The summed E-state index contributed by atoms with van der Waals surface area (Å²) in [5, 5.41) is 6.81. The minimum Gasteiger partial charge on any atom is -0.454 e. The number of rotatable bonds is 7. The number of hydrogen-bond donors (Lipinski definition) is 1. The second-order valence-corrected chi connectivity index (χ2v) is 6.51. The van der Waals surface area contributed by atoms with E-state index in [0.717, 1.165) is 11.1 Å². The fourth-order valence-electron chi connectivity index (χ4n) is 2.77. The maximum atomic E-state index is 11.9. The highest BCUT2D eigenvalue weighted by atomic mass is 16.7. The highest BCUT2D eigenvalue weighted by Crippen LogP contribution is 2.36. The third-order valence-corrected chi connectivity index (χ3v) is 4.31. The fourth-order valence-corrected chi connectivity index (χ4v) is 2.77. The van der Waals surface area contributed by atoms with Crippen LogP contribution in [0.5, 0.6) is 11.5 Å². The Morgan fingerprint density at radius 3 is 2.79 bits per heavy atom. The van der Waals surface area contributed by atoms with Crippen LogP contribution in [0.4, 0.5) is 0 Å². The van der Waals surface area contributed by atoms with E-state index in [0.29, 0.717) is 29.5 Å². The molecule has 0 saturated carbocycles. The maximum absolute atomic E-state index is 11.9. The Labute approximate surface area is 162 Å². The van der Waals surface area contributed by atoms with Crippen molar-refractivity contribution in [3.8, 4) is 22.8 Å². The summed E-state index contributed by atoms with van der Waals surface area (Å²) in [6.45, 7) is 2.86. The molecular weight excluding hydrogens is 360 g/mol. The molecule has 3 aromatic rings.